The number of anilines is 1. The Kier molecular flexibility index (Phi) is 7.04. The summed E-state index contributed by atoms with van der Waals surface area (Å²) in [6.45, 7) is 4.91. The molecule has 0 bridgehead atoms. The first-order valence-corrected chi connectivity index (χ1v) is 7.06. The van der Waals surface area contributed by atoms with E-state index in [1.165, 1.54) is 0 Å². The molecule has 5 nitrogen and oxygen atoms in total. The number of amides is 2. The van der Waals surface area contributed by atoms with Crippen LogP contribution in [0.25, 0.3) is 0 Å². The van der Waals surface area contributed by atoms with E-state index in [4.69, 9.17) is 5.73 Å². The molecule has 0 atom stereocenters. The molecule has 2 amide bonds. The van der Waals surface area contributed by atoms with Gasteiger partial charge in [-0.2, -0.15) is 0 Å². The molecule has 0 saturated carbocycles. The average molecular weight is 278 g/mol. The van der Waals surface area contributed by atoms with Crippen molar-refractivity contribution in [1.82, 2.24) is 9.80 Å². The van der Waals surface area contributed by atoms with E-state index in [0.717, 1.165) is 30.8 Å². The van der Waals surface area contributed by atoms with Gasteiger partial charge in [0.1, 0.15) is 0 Å². The van der Waals surface area contributed by atoms with E-state index >= 15 is 0 Å². The normalized spacial score (nSPS) is 10.7. The molecule has 0 aliphatic rings. The van der Waals surface area contributed by atoms with Crippen molar-refractivity contribution in [2.24, 2.45) is 5.73 Å². The van der Waals surface area contributed by atoms with E-state index in [1.54, 1.807) is 0 Å². The minimum absolute atomic E-state index is 0.0552. The van der Waals surface area contributed by atoms with Gasteiger partial charge in [-0.3, -0.25) is 0 Å². The zero-order valence-corrected chi connectivity index (χ0v) is 12.7. The predicted molar refractivity (Wildman–Crippen MR) is 83.8 cm³/mol. The highest BCUT2D eigenvalue weighted by Gasteiger charge is 2.11. The van der Waals surface area contributed by atoms with Gasteiger partial charge in [-0.1, -0.05) is 12.1 Å². The highest BCUT2D eigenvalue weighted by molar-refractivity contribution is 5.89. The second-order valence-corrected chi connectivity index (χ2v) is 5.07. The summed E-state index contributed by atoms with van der Waals surface area (Å²) in [4.78, 5) is 16.1. The maximum Gasteiger partial charge on any atom is 0.321 e. The Bertz CT molecular complexity index is 420. The molecule has 0 spiro atoms. The van der Waals surface area contributed by atoms with E-state index in [9.17, 15) is 4.79 Å². The topological polar surface area (TPSA) is 61.6 Å². The molecule has 0 aromatic heterocycles. The van der Waals surface area contributed by atoms with E-state index in [1.807, 2.05) is 50.2 Å². The molecular weight excluding hydrogens is 252 g/mol. The molecule has 1 aromatic rings. The molecule has 0 unspecified atom stereocenters. The van der Waals surface area contributed by atoms with Gasteiger partial charge in [0.15, 0.2) is 0 Å². The van der Waals surface area contributed by atoms with Crippen LogP contribution in [0.5, 0.6) is 0 Å². The van der Waals surface area contributed by atoms with Gasteiger partial charge in [0.25, 0.3) is 0 Å². The van der Waals surface area contributed by atoms with E-state index in [2.05, 4.69) is 10.2 Å². The highest BCUT2D eigenvalue weighted by atomic mass is 16.2. The van der Waals surface area contributed by atoms with Crippen molar-refractivity contribution in [2.75, 3.05) is 39.0 Å². The van der Waals surface area contributed by atoms with Crippen molar-refractivity contribution < 1.29 is 4.79 Å². The number of hydrogen-bond acceptors (Lipinski definition) is 3. The van der Waals surface area contributed by atoms with Crippen LogP contribution >= 0.6 is 0 Å². The Morgan fingerprint density at radius 1 is 1.30 bits per heavy atom. The lowest BCUT2D eigenvalue weighted by Gasteiger charge is -2.22. The third-order valence-electron chi connectivity index (χ3n) is 3.12. The zero-order valence-electron chi connectivity index (χ0n) is 12.7. The molecule has 0 aliphatic heterocycles. The van der Waals surface area contributed by atoms with Gasteiger partial charge in [-0.05, 0) is 51.7 Å². The van der Waals surface area contributed by atoms with Gasteiger partial charge in [-0.15, -0.1) is 0 Å². The fourth-order valence-electron chi connectivity index (χ4n) is 1.96. The van der Waals surface area contributed by atoms with Gasteiger partial charge in [0, 0.05) is 25.3 Å². The second kappa shape index (κ2) is 8.55. The minimum atomic E-state index is -0.0552. The molecule has 112 valence electrons. The number of benzene rings is 1. The third kappa shape index (κ3) is 5.59. The Morgan fingerprint density at radius 2 is 2.05 bits per heavy atom. The van der Waals surface area contributed by atoms with Crippen molar-refractivity contribution in [1.29, 1.82) is 0 Å². The summed E-state index contributed by atoms with van der Waals surface area (Å²) in [6.07, 6.45) is 0.969. The van der Waals surface area contributed by atoms with Gasteiger partial charge in [-0.25, -0.2) is 4.79 Å². The number of nitrogens with one attached hydrogen (secondary N) is 1. The highest BCUT2D eigenvalue weighted by Crippen LogP contribution is 2.11. The molecule has 1 aromatic carbocycles. The number of hydrogen-bond donors (Lipinski definition) is 2. The number of nitrogens with zero attached hydrogens (tertiary/aromatic N) is 2. The van der Waals surface area contributed by atoms with Crippen LogP contribution in [0.4, 0.5) is 10.5 Å². The van der Waals surface area contributed by atoms with Crippen LogP contribution in [0, 0.1) is 0 Å². The van der Waals surface area contributed by atoms with Crippen LogP contribution in [0.2, 0.25) is 0 Å². The summed E-state index contributed by atoms with van der Waals surface area (Å²) in [5.41, 5.74) is 7.41. The maximum atomic E-state index is 12.2. The van der Waals surface area contributed by atoms with Crippen LogP contribution in [0.3, 0.4) is 0 Å². The Hall–Kier alpha value is -1.59. The van der Waals surface area contributed by atoms with Gasteiger partial charge >= 0.3 is 6.03 Å². The van der Waals surface area contributed by atoms with E-state index in [0.29, 0.717) is 13.1 Å². The predicted octanol–water partition coefficient (Wildman–Crippen LogP) is 1.95. The lowest BCUT2D eigenvalue weighted by Crippen LogP contribution is -2.36. The molecule has 0 aliphatic carbocycles. The monoisotopic (exact) mass is 278 g/mol. The van der Waals surface area contributed by atoms with Gasteiger partial charge in [0.05, 0.1) is 0 Å². The molecule has 5 heteroatoms. The van der Waals surface area contributed by atoms with Crippen molar-refractivity contribution >= 4 is 11.7 Å². The lowest BCUT2D eigenvalue weighted by molar-refractivity contribution is 0.211. The fraction of sp³-hybridized carbons (Fsp3) is 0.533. The smallest absolute Gasteiger partial charge is 0.321 e. The van der Waals surface area contributed by atoms with Crippen molar-refractivity contribution in [3.63, 3.8) is 0 Å². The number of carbonyl (C=O) groups excluding carboxylic acids is 1. The van der Waals surface area contributed by atoms with Crippen LogP contribution in [0.15, 0.2) is 24.3 Å². The van der Waals surface area contributed by atoms with E-state index < -0.39 is 0 Å². The second-order valence-electron chi connectivity index (χ2n) is 5.07. The SMILES string of the molecule is CCN(CCCN(C)C)C(=O)Nc1cccc(CN)c1. The first-order chi connectivity index (χ1) is 9.56. The third-order valence-corrected chi connectivity index (χ3v) is 3.12. The van der Waals surface area contributed by atoms with Crippen LogP contribution < -0.4 is 11.1 Å². The van der Waals surface area contributed by atoms with Crippen molar-refractivity contribution in [2.45, 2.75) is 19.9 Å². The molecule has 0 heterocycles. The molecule has 0 saturated heterocycles. The summed E-state index contributed by atoms with van der Waals surface area (Å²) in [6, 6.07) is 7.58. The number of urea groups is 1. The first kappa shape index (κ1) is 16.5. The Labute approximate surface area is 121 Å². The fourth-order valence-corrected chi connectivity index (χ4v) is 1.96. The van der Waals surface area contributed by atoms with Crippen molar-refractivity contribution in [3.05, 3.63) is 29.8 Å². The Morgan fingerprint density at radius 3 is 2.65 bits per heavy atom. The standard InChI is InChI=1S/C15H26N4O/c1-4-19(10-6-9-18(2)3)15(20)17-14-8-5-7-13(11-14)12-16/h5,7-8,11H,4,6,9-10,12,16H2,1-3H3,(H,17,20). The minimum Gasteiger partial charge on any atom is -0.326 e. The number of nitrogens with two attached hydrogens (primary N) is 1. The number of rotatable bonds is 7. The first-order valence-electron chi connectivity index (χ1n) is 7.06. The van der Waals surface area contributed by atoms with Crippen molar-refractivity contribution in [3.8, 4) is 0 Å². The molecule has 0 fully saturated rings. The zero-order chi connectivity index (χ0) is 15.0. The van der Waals surface area contributed by atoms with Gasteiger partial charge < -0.3 is 20.9 Å². The summed E-state index contributed by atoms with van der Waals surface area (Å²) >= 11 is 0. The summed E-state index contributed by atoms with van der Waals surface area (Å²) in [7, 11) is 4.07. The molecular formula is C15H26N4O. The van der Waals surface area contributed by atoms with E-state index in [-0.39, 0.29) is 6.03 Å². The summed E-state index contributed by atoms with van der Waals surface area (Å²) in [5, 5.41) is 2.92. The van der Waals surface area contributed by atoms with Crippen LogP contribution in [0.1, 0.15) is 18.9 Å². The largest absolute Gasteiger partial charge is 0.326 e. The molecule has 20 heavy (non-hydrogen) atoms. The average Bonchev–Trinajstić information content (AvgIpc) is 2.43. The summed E-state index contributed by atoms with van der Waals surface area (Å²) in [5.74, 6) is 0. The Balaban J connectivity index is 2.53. The molecule has 0 radical (unpaired) electrons. The van der Waals surface area contributed by atoms with Crippen LogP contribution in [-0.4, -0.2) is 49.6 Å². The van der Waals surface area contributed by atoms with Crippen LogP contribution in [-0.2, 0) is 6.54 Å². The van der Waals surface area contributed by atoms with Gasteiger partial charge in [0.2, 0.25) is 0 Å². The number of carbonyl (C=O) groups is 1. The molecule has 1 rings (SSSR count). The quantitative estimate of drug-likeness (QED) is 0.801. The lowest BCUT2D eigenvalue weighted by atomic mass is 10.2. The molecule has 3 N–H and O–H groups in total. The maximum absolute atomic E-state index is 12.2. The summed E-state index contributed by atoms with van der Waals surface area (Å²) < 4.78 is 0.